The number of hydrogen-bond acceptors (Lipinski definition) is 5. The van der Waals surface area contributed by atoms with Gasteiger partial charge in [0, 0.05) is 17.8 Å². The van der Waals surface area contributed by atoms with Crippen molar-refractivity contribution in [1.29, 1.82) is 0 Å². The van der Waals surface area contributed by atoms with Crippen LogP contribution in [0.2, 0.25) is 0 Å². The van der Waals surface area contributed by atoms with Gasteiger partial charge in [0.05, 0.1) is 21.7 Å². The van der Waals surface area contributed by atoms with E-state index < -0.39 is 21.7 Å². The summed E-state index contributed by atoms with van der Waals surface area (Å²) in [5, 5.41) is 0. The summed E-state index contributed by atoms with van der Waals surface area (Å²) in [4.78, 5) is 17.6. The van der Waals surface area contributed by atoms with Crippen molar-refractivity contribution in [3.8, 4) is 5.75 Å². The summed E-state index contributed by atoms with van der Waals surface area (Å²) in [6, 6.07) is 16.1. The molecule has 4 rings (SSSR count). The van der Waals surface area contributed by atoms with Crippen molar-refractivity contribution in [2.24, 2.45) is 4.99 Å². The number of allylic oxidation sites excluding steroid dienone is 1. The van der Waals surface area contributed by atoms with Crippen LogP contribution >= 0.6 is 11.3 Å². The van der Waals surface area contributed by atoms with E-state index in [4.69, 9.17) is 4.74 Å². The topological polar surface area (TPSA) is 89.8 Å². The van der Waals surface area contributed by atoms with Crippen LogP contribution in [0, 0.1) is 5.82 Å². The van der Waals surface area contributed by atoms with Gasteiger partial charge in [0.2, 0.25) is 0 Å². The molecule has 0 aliphatic heterocycles. The molecule has 1 amide bonds. The van der Waals surface area contributed by atoms with Crippen LogP contribution in [0.3, 0.4) is 0 Å². The minimum absolute atomic E-state index is 0.0712. The third-order valence-electron chi connectivity index (χ3n) is 4.98. The standard InChI is InChI=1S/C25H22FN3O4S2/c1-3-15-29-22-14-11-20(33-4-2)16-23(22)34-25(29)27-24(30)17-5-9-19(10-6-17)28-35(31,32)21-12-7-18(26)8-13-21/h3,5-14,16,28H,1,4,15H2,2H3. The fourth-order valence-corrected chi connectivity index (χ4v) is 5.49. The molecule has 0 bridgehead atoms. The minimum atomic E-state index is -3.89. The molecule has 4 aromatic rings. The number of carbonyl (C=O) groups is 1. The Hall–Kier alpha value is -3.76. The fourth-order valence-electron chi connectivity index (χ4n) is 3.36. The second-order valence-corrected chi connectivity index (χ2v) is 10.1. The number of thiazole rings is 1. The average Bonchev–Trinajstić information content (AvgIpc) is 3.16. The molecule has 180 valence electrons. The predicted molar refractivity (Wildman–Crippen MR) is 135 cm³/mol. The summed E-state index contributed by atoms with van der Waals surface area (Å²) < 4.78 is 48.9. The van der Waals surface area contributed by atoms with Gasteiger partial charge in [-0.15, -0.1) is 6.58 Å². The van der Waals surface area contributed by atoms with Crippen molar-refractivity contribution in [1.82, 2.24) is 4.57 Å². The zero-order valence-electron chi connectivity index (χ0n) is 18.8. The molecule has 1 aromatic heterocycles. The largest absolute Gasteiger partial charge is 0.494 e. The monoisotopic (exact) mass is 511 g/mol. The Bertz CT molecular complexity index is 1560. The number of fused-ring (bicyclic) bond motifs is 1. The molecule has 35 heavy (non-hydrogen) atoms. The lowest BCUT2D eigenvalue weighted by molar-refractivity contribution is 0.0998. The number of amides is 1. The highest BCUT2D eigenvalue weighted by atomic mass is 32.2. The first-order chi connectivity index (χ1) is 16.8. The number of benzene rings is 3. The average molecular weight is 512 g/mol. The van der Waals surface area contributed by atoms with E-state index in [9.17, 15) is 17.6 Å². The van der Waals surface area contributed by atoms with Crippen LogP contribution in [-0.2, 0) is 16.6 Å². The van der Waals surface area contributed by atoms with E-state index in [1.54, 1.807) is 6.08 Å². The molecule has 0 radical (unpaired) electrons. The second kappa shape index (κ2) is 10.2. The van der Waals surface area contributed by atoms with Crippen LogP contribution < -0.4 is 14.3 Å². The van der Waals surface area contributed by atoms with Crippen molar-refractivity contribution >= 4 is 43.2 Å². The van der Waals surface area contributed by atoms with Gasteiger partial charge < -0.3 is 9.30 Å². The molecular formula is C25H22FN3O4S2. The van der Waals surface area contributed by atoms with Crippen LogP contribution in [0.15, 0.2) is 89.3 Å². The maximum atomic E-state index is 13.1. The van der Waals surface area contributed by atoms with Gasteiger partial charge in [-0.3, -0.25) is 9.52 Å². The van der Waals surface area contributed by atoms with Gasteiger partial charge in [-0.1, -0.05) is 17.4 Å². The number of aromatic nitrogens is 1. The number of anilines is 1. The molecule has 0 spiro atoms. The Balaban J connectivity index is 1.60. The van der Waals surface area contributed by atoms with Crippen LogP contribution in [0.4, 0.5) is 10.1 Å². The maximum Gasteiger partial charge on any atom is 0.279 e. The number of hydrogen-bond donors (Lipinski definition) is 1. The number of sulfonamides is 1. The summed E-state index contributed by atoms with van der Waals surface area (Å²) in [6.45, 7) is 6.73. The number of ether oxygens (including phenoxy) is 1. The van der Waals surface area contributed by atoms with Gasteiger partial charge in [0.1, 0.15) is 11.6 Å². The van der Waals surface area contributed by atoms with Crippen molar-refractivity contribution in [3.63, 3.8) is 0 Å². The SMILES string of the molecule is C=CCn1c(=NC(=O)c2ccc(NS(=O)(=O)c3ccc(F)cc3)cc2)sc2cc(OCC)ccc21. The van der Waals surface area contributed by atoms with E-state index >= 15 is 0 Å². The number of nitrogens with zero attached hydrogens (tertiary/aromatic N) is 2. The molecule has 0 unspecified atom stereocenters. The zero-order valence-corrected chi connectivity index (χ0v) is 20.4. The Morgan fingerprint density at radius 1 is 1.14 bits per heavy atom. The highest BCUT2D eigenvalue weighted by Crippen LogP contribution is 2.24. The number of nitrogens with one attached hydrogen (secondary N) is 1. The van der Waals surface area contributed by atoms with Crippen LogP contribution in [0.5, 0.6) is 5.75 Å². The molecule has 0 fully saturated rings. The molecule has 1 heterocycles. The molecule has 1 N–H and O–H groups in total. The third kappa shape index (κ3) is 5.50. The van der Waals surface area contributed by atoms with Crippen LogP contribution in [0.1, 0.15) is 17.3 Å². The molecule has 0 saturated carbocycles. The third-order valence-corrected chi connectivity index (χ3v) is 7.42. The summed E-state index contributed by atoms with van der Waals surface area (Å²) in [5.74, 6) is -0.255. The molecule has 10 heteroatoms. The second-order valence-electron chi connectivity index (χ2n) is 7.40. The maximum absolute atomic E-state index is 13.1. The summed E-state index contributed by atoms with van der Waals surface area (Å²) in [6.07, 6.45) is 1.73. The molecule has 3 aromatic carbocycles. The Labute approximate surface area is 205 Å². The van der Waals surface area contributed by atoms with Crippen LogP contribution in [-0.4, -0.2) is 25.5 Å². The van der Waals surface area contributed by atoms with E-state index in [1.165, 1.54) is 47.7 Å². The van der Waals surface area contributed by atoms with Crippen molar-refractivity contribution in [3.05, 3.63) is 95.6 Å². The number of carbonyl (C=O) groups excluding carboxylic acids is 1. The van der Waals surface area contributed by atoms with Crippen molar-refractivity contribution in [2.45, 2.75) is 18.4 Å². The highest BCUT2D eigenvalue weighted by Gasteiger charge is 2.15. The number of rotatable bonds is 8. The van der Waals surface area contributed by atoms with Crippen molar-refractivity contribution in [2.75, 3.05) is 11.3 Å². The normalized spacial score (nSPS) is 12.0. The number of halogens is 1. The minimum Gasteiger partial charge on any atom is -0.494 e. The van der Waals surface area contributed by atoms with E-state index in [0.717, 1.165) is 28.1 Å². The molecule has 7 nitrogen and oxygen atoms in total. The first-order valence-electron chi connectivity index (χ1n) is 10.7. The van der Waals surface area contributed by atoms with Gasteiger partial charge in [0.15, 0.2) is 4.80 Å². The first-order valence-corrected chi connectivity index (χ1v) is 13.0. The molecule has 0 aliphatic carbocycles. The van der Waals surface area contributed by atoms with Gasteiger partial charge in [0.25, 0.3) is 15.9 Å². The van der Waals surface area contributed by atoms with Gasteiger partial charge in [-0.05, 0) is 73.7 Å². The Morgan fingerprint density at radius 3 is 2.51 bits per heavy atom. The van der Waals surface area contributed by atoms with Crippen LogP contribution in [0.25, 0.3) is 10.2 Å². The molecule has 0 atom stereocenters. The van der Waals surface area contributed by atoms with Crippen molar-refractivity contribution < 1.29 is 22.3 Å². The molecule has 0 saturated heterocycles. The quantitative estimate of drug-likeness (QED) is 0.338. The highest BCUT2D eigenvalue weighted by molar-refractivity contribution is 7.92. The fraction of sp³-hybridized carbons (Fsp3) is 0.120. The van der Waals surface area contributed by atoms with E-state index in [1.807, 2.05) is 29.7 Å². The van der Waals surface area contributed by atoms with Gasteiger partial charge in [-0.2, -0.15) is 4.99 Å². The first kappa shape index (κ1) is 24.4. The molecule has 0 aliphatic rings. The van der Waals surface area contributed by atoms with Gasteiger partial charge >= 0.3 is 0 Å². The summed E-state index contributed by atoms with van der Waals surface area (Å²) in [5.41, 5.74) is 1.47. The molecular weight excluding hydrogens is 489 g/mol. The van der Waals surface area contributed by atoms with E-state index in [0.29, 0.717) is 23.5 Å². The van der Waals surface area contributed by atoms with E-state index in [2.05, 4.69) is 16.3 Å². The van der Waals surface area contributed by atoms with E-state index in [-0.39, 0.29) is 10.6 Å². The lowest BCUT2D eigenvalue weighted by Crippen LogP contribution is -2.16. The van der Waals surface area contributed by atoms with Gasteiger partial charge in [-0.25, -0.2) is 12.8 Å². The summed E-state index contributed by atoms with van der Waals surface area (Å²) in [7, 11) is -3.89. The summed E-state index contributed by atoms with van der Waals surface area (Å²) >= 11 is 1.37. The lowest BCUT2D eigenvalue weighted by Gasteiger charge is -2.08. The smallest absolute Gasteiger partial charge is 0.279 e. The Kier molecular flexibility index (Phi) is 7.13. The lowest BCUT2D eigenvalue weighted by atomic mass is 10.2. The Morgan fingerprint density at radius 2 is 1.86 bits per heavy atom. The predicted octanol–water partition coefficient (Wildman–Crippen LogP) is 4.97. The zero-order chi connectivity index (χ0) is 25.0.